The van der Waals surface area contributed by atoms with Gasteiger partial charge in [0, 0.05) is 0 Å². The number of hydrogen-bond donors (Lipinski definition) is 0. The van der Waals surface area contributed by atoms with Gasteiger partial charge in [-0.25, -0.2) is 0 Å². The third-order valence-corrected chi connectivity index (χ3v) is 4.85. The molecular weight excluding hydrogens is 280 g/mol. The molecule has 0 saturated carbocycles. The van der Waals surface area contributed by atoms with Gasteiger partial charge in [0.15, 0.2) is 0 Å². The zero-order valence-electron chi connectivity index (χ0n) is 7.00. The molecule has 70 valence electrons. The van der Waals surface area contributed by atoms with E-state index in [-0.39, 0.29) is 0 Å². The molecule has 0 aromatic heterocycles. The second kappa shape index (κ2) is 4.60. The molecule has 0 aliphatic heterocycles. The summed E-state index contributed by atoms with van der Waals surface area (Å²) >= 11 is -1.68. The summed E-state index contributed by atoms with van der Waals surface area (Å²) < 4.78 is 1.10. The topological polar surface area (TPSA) is 0 Å². The summed E-state index contributed by atoms with van der Waals surface area (Å²) in [7, 11) is 11.7. The third kappa shape index (κ3) is 2.73. The summed E-state index contributed by atoms with van der Waals surface area (Å²) in [5.74, 6) is 0.574. The van der Waals surface area contributed by atoms with E-state index in [0.29, 0.717) is 5.92 Å². The second-order valence-corrected chi connectivity index (χ2v) is 8.76. The normalized spacial score (nSPS) is 11.9. The summed E-state index contributed by atoms with van der Waals surface area (Å²) in [6, 6.07) is 8.28. The van der Waals surface area contributed by atoms with E-state index < -0.39 is 14.0 Å². The van der Waals surface area contributed by atoms with E-state index in [2.05, 4.69) is 26.0 Å². The molecular formula is C9H11Cl2Ru-. The van der Waals surface area contributed by atoms with E-state index in [0.717, 1.165) is 4.16 Å². The molecule has 1 aromatic carbocycles. The molecule has 0 atom stereocenters. The van der Waals surface area contributed by atoms with Crippen LogP contribution < -0.4 is 4.16 Å². The maximum absolute atomic E-state index is 5.84. The summed E-state index contributed by atoms with van der Waals surface area (Å²) in [4.78, 5) is 0. The van der Waals surface area contributed by atoms with Crippen LogP contribution in [0.15, 0.2) is 24.3 Å². The van der Waals surface area contributed by atoms with Crippen LogP contribution in [0.3, 0.4) is 0 Å². The van der Waals surface area contributed by atoms with Crippen molar-refractivity contribution in [2.75, 3.05) is 0 Å². The first-order chi connectivity index (χ1) is 5.61. The molecule has 0 bridgehead atoms. The molecule has 0 aliphatic rings. The van der Waals surface area contributed by atoms with Crippen molar-refractivity contribution in [3.8, 4) is 0 Å². The molecule has 0 amide bonds. The minimum atomic E-state index is -1.68. The second-order valence-electron chi connectivity index (χ2n) is 2.88. The molecule has 0 nitrogen and oxygen atoms in total. The van der Waals surface area contributed by atoms with Crippen molar-refractivity contribution in [2.24, 2.45) is 0 Å². The van der Waals surface area contributed by atoms with E-state index in [1.807, 2.05) is 12.1 Å². The quantitative estimate of drug-likeness (QED) is 0.733. The Morgan fingerprint density at radius 3 is 1.92 bits per heavy atom. The van der Waals surface area contributed by atoms with E-state index >= 15 is 0 Å². The molecule has 12 heavy (non-hydrogen) atoms. The molecule has 1 aromatic rings. The minimum absolute atomic E-state index is 0.574. The zero-order valence-corrected chi connectivity index (χ0v) is 10.2. The molecule has 0 saturated heterocycles. The van der Waals surface area contributed by atoms with Crippen LogP contribution in [0.4, 0.5) is 0 Å². The molecule has 3 heteroatoms. The van der Waals surface area contributed by atoms with Crippen LogP contribution in [0.5, 0.6) is 0 Å². The van der Waals surface area contributed by atoms with Crippen LogP contribution in [0.1, 0.15) is 25.3 Å². The summed E-state index contributed by atoms with van der Waals surface area (Å²) in [6.45, 7) is 4.34. The van der Waals surface area contributed by atoms with Gasteiger partial charge in [0.05, 0.1) is 0 Å². The van der Waals surface area contributed by atoms with Crippen molar-refractivity contribution < 1.29 is 14.0 Å². The predicted octanol–water partition coefficient (Wildman–Crippen LogP) is 3.36. The predicted molar refractivity (Wildman–Crippen MR) is 51.9 cm³/mol. The summed E-state index contributed by atoms with van der Waals surface area (Å²) in [5.41, 5.74) is 1.34. The van der Waals surface area contributed by atoms with Crippen LogP contribution in [-0.2, 0) is 14.0 Å². The van der Waals surface area contributed by atoms with Gasteiger partial charge in [0.2, 0.25) is 0 Å². The van der Waals surface area contributed by atoms with Gasteiger partial charge in [-0.3, -0.25) is 0 Å². The van der Waals surface area contributed by atoms with Gasteiger partial charge in [0.1, 0.15) is 0 Å². The summed E-state index contributed by atoms with van der Waals surface area (Å²) in [6.07, 6.45) is 0. The molecule has 0 N–H and O–H groups in total. The van der Waals surface area contributed by atoms with Crippen LogP contribution >= 0.6 is 19.4 Å². The Hall–Kier alpha value is 0.423. The van der Waals surface area contributed by atoms with E-state index in [4.69, 9.17) is 19.4 Å². The first-order valence-electron chi connectivity index (χ1n) is 3.71. The van der Waals surface area contributed by atoms with Crippen LogP contribution in [0, 0.1) is 0 Å². The standard InChI is InChI=1S/C9H11.2ClH.Ru/c1-8(2)9-6-4-3-5-7-9;;;/h4-8H,1-2H3;2*1H;/q;;;+1/p-2. The van der Waals surface area contributed by atoms with Crippen LogP contribution in [0.25, 0.3) is 0 Å². The van der Waals surface area contributed by atoms with Crippen LogP contribution in [-0.4, -0.2) is 0 Å². The van der Waals surface area contributed by atoms with Gasteiger partial charge in [-0.1, -0.05) is 0 Å². The third-order valence-electron chi connectivity index (χ3n) is 1.68. The molecule has 0 heterocycles. The van der Waals surface area contributed by atoms with Gasteiger partial charge < -0.3 is 0 Å². The number of halogens is 2. The van der Waals surface area contributed by atoms with Crippen molar-refractivity contribution >= 4 is 23.5 Å². The van der Waals surface area contributed by atoms with Crippen molar-refractivity contribution in [1.29, 1.82) is 0 Å². The Bertz CT molecular complexity index is 214. The maximum atomic E-state index is 5.84. The Kier molecular flexibility index (Phi) is 4.03. The number of rotatable bonds is 2. The van der Waals surface area contributed by atoms with Crippen molar-refractivity contribution in [2.45, 2.75) is 19.8 Å². The Morgan fingerprint density at radius 2 is 1.58 bits per heavy atom. The molecule has 0 unspecified atom stereocenters. The first-order valence-corrected chi connectivity index (χ1v) is 9.05. The first kappa shape index (κ1) is 10.5. The van der Waals surface area contributed by atoms with Crippen molar-refractivity contribution in [3.05, 3.63) is 29.8 Å². The fourth-order valence-corrected chi connectivity index (χ4v) is 2.71. The van der Waals surface area contributed by atoms with Crippen LogP contribution in [0.2, 0.25) is 0 Å². The fourth-order valence-electron chi connectivity index (χ4n) is 0.933. The number of hydrogen-bond acceptors (Lipinski definition) is 0. The SMILES string of the molecule is CC(C)c1cc[c]([Ru-]([Cl])[Cl])cc1. The molecule has 0 spiro atoms. The average molecular weight is 291 g/mol. The molecule has 0 aliphatic carbocycles. The Labute approximate surface area is 86.9 Å². The average Bonchev–Trinajstić information content (AvgIpc) is 2.04. The van der Waals surface area contributed by atoms with Gasteiger partial charge in [-0.15, -0.1) is 0 Å². The number of benzene rings is 1. The molecule has 1 rings (SSSR count). The zero-order chi connectivity index (χ0) is 9.14. The van der Waals surface area contributed by atoms with Crippen molar-refractivity contribution in [3.63, 3.8) is 0 Å². The Balaban J connectivity index is 2.86. The molecule has 0 radical (unpaired) electrons. The van der Waals surface area contributed by atoms with E-state index in [9.17, 15) is 0 Å². The van der Waals surface area contributed by atoms with Crippen molar-refractivity contribution in [1.82, 2.24) is 0 Å². The van der Waals surface area contributed by atoms with E-state index in [1.165, 1.54) is 5.56 Å². The fraction of sp³-hybridized carbons (Fsp3) is 0.333. The monoisotopic (exact) mass is 291 g/mol. The van der Waals surface area contributed by atoms with Gasteiger partial charge in [-0.05, 0) is 0 Å². The van der Waals surface area contributed by atoms with E-state index in [1.54, 1.807) is 0 Å². The molecule has 0 fully saturated rings. The van der Waals surface area contributed by atoms with Gasteiger partial charge in [0.25, 0.3) is 0 Å². The summed E-state index contributed by atoms with van der Waals surface area (Å²) in [5, 5.41) is 0. The Morgan fingerprint density at radius 1 is 1.08 bits per heavy atom. The van der Waals surface area contributed by atoms with Gasteiger partial charge >= 0.3 is 87.1 Å². The van der Waals surface area contributed by atoms with Gasteiger partial charge in [-0.2, -0.15) is 0 Å².